The van der Waals surface area contributed by atoms with Gasteiger partial charge in [-0.15, -0.1) is 0 Å². The van der Waals surface area contributed by atoms with Gasteiger partial charge in [0, 0.05) is 12.3 Å². The number of halogens is 1. The first-order valence-electron chi connectivity index (χ1n) is 7.68. The van der Waals surface area contributed by atoms with Crippen LogP contribution < -0.4 is 5.32 Å². The van der Waals surface area contributed by atoms with E-state index in [0.717, 1.165) is 17.0 Å². The Labute approximate surface area is 139 Å². The summed E-state index contributed by atoms with van der Waals surface area (Å²) in [5, 5.41) is 7.02. The van der Waals surface area contributed by atoms with Crippen LogP contribution in [0.5, 0.6) is 0 Å². The maximum absolute atomic E-state index is 12.9. The second kappa shape index (κ2) is 6.74. The molecule has 0 aliphatic heterocycles. The molecule has 0 amide bonds. The number of anilines is 1. The lowest BCUT2D eigenvalue weighted by Gasteiger charge is -2.12. The molecule has 0 fully saturated rings. The first-order chi connectivity index (χ1) is 11.5. The SMILES string of the molecule is Cc1cc(-c2cnc(NCc3ccc(F)cn3)nc2C(C)C)on1. The predicted molar refractivity (Wildman–Crippen MR) is 87.9 cm³/mol. The van der Waals surface area contributed by atoms with Gasteiger partial charge in [0.05, 0.1) is 35.4 Å². The zero-order valence-corrected chi connectivity index (χ0v) is 13.7. The Kier molecular flexibility index (Phi) is 4.50. The van der Waals surface area contributed by atoms with Crippen LogP contribution in [-0.2, 0) is 6.54 Å². The van der Waals surface area contributed by atoms with Crippen molar-refractivity contribution < 1.29 is 8.91 Å². The van der Waals surface area contributed by atoms with E-state index in [1.807, 2.05) is 13.0 Å². The number of aromatic nitrogens is 4. The molecule has 0 atom stereocenters. The number of rotatable bonds is 5. The molecular weight excluding hydrogens is 309 g/mol. The molecule has 0 aliphatic rings. The van der Waals surface area contributed by atoms with Crippen molar-refractivity contribution in [1.82, 2.24) is 20.1 Å². The van der Waals surface area contributed by atoms with Gasteiger partial charge in [0.2, 0.25) is 5.95 Å². The summed E-state index contributed by atoms with van der Waals surface area (Å²) < 4.78 is 18.2. The van der Waals surface area contributed by atoms with Gasteiger partial charge in [0.15, 0.2) is 5.76 Å². The van der Waals surface area contributed by atoms with Gasteiger partial charge in [-0.2, -0.15) is 0 Å². The molecule has 7 heteroatoms. The molecule has 6 nitrogen and oxygen atoms in total. The van der Waals surface area contributed by atoms with Crippen LogP contribution in [0.2, 0.25) is 0 Å². The fraction of sp³-hybridized carbons (Fsp3) is 0.294. The van der Waals surface area contributed by atoms with Crippen LogP contribution in [0.15, 0.2) is 35.1 Å². The topological polar surface area (TPSA) is 76.7 Å². The highest BCUT2D eigenvalue weighted by Crippen LogP contribution is 2.28. The number of aryl methyl sites for hydroxylation is 1. The monoisotopic (exact) mass is 327 g/mol. The average molecular weight is 327 g/mol. The summed E-state index contributed by atoms with van der Waals surface area (Å²) in [5.41, 5.74) is 3.22. The molecule has 0 aliphatic carbocycles. The van der Waals surface area contributed by atoms with Gasteiger partial charge in [-0.3, -0.25) is 4.98 Å². The second-order valence-corrected chi connectivity index (χ2v) is 5.80. The molecule has 0 bridgehead atoms. The van der Waals surface area contributed by atoms with E-state index in [4.69, 9.17) is 4.52 Å². The zero-order valence-electron chi connectivity index (χ0n) is 13.7. The smallest absolute Gasteiger partial charge is 0.223 e. The van der Waals surface area contributed by atoms with Crippen molar-refractivity contribution in [2.75, 3.05) is 5.32 Å². The quantitative estimate of drug-likeness (QED) is 0.770. The highest BCUT2D eigenvalue weighted by Gasteiger charge is 2.16. The molecule has 0 saturated heterocycles. The largest absolute Gasteiger partial charge is 0.356 e. The molecule has 0 radical (unpaired) electrons. The molecular formula is C17H18FN5O. The molecule has 0 spiro atoms. The van der Waals surface area contributed by atoms with Gasteiger partial charge in [-0.1, -0.05) is 19.0 Å². The minimum atomic E-state index is -0.358. The third-order valence-electron chi connectivity index (χ3n) is 3.47. The molecule has 3 heterocycles. The van der Waals surface area contributed by atoms with E-state index in [0.29, 0.717) is 23.9 Å². The van der Waals surface area contributed by atoms with E-state index in [2.05, 4.69) is 39.3 Å². The Morgan fingerprint density at radius 1 is 1.21 bits per heavy atom. The highest BCUT2D eigenvalue weighted by atomic mass is 19.1. The molecule has 24 heavy (non-hydrogen) atoms. The summed E-state index contributed by atoms with van der Waals surface area (Å²) in [6.45, 7) is 6.40. The minimum Gasteiger partial charge on any atom is -0.356 e. The first kappa shape index (κ1) is 16.0. The molecule has 3 rings (SSSR count). The number of hydrogen-bond donors (Lipinski definition) is 1. The van der Waals surface area contributed by atoms with Crippen LogP contribution in [-0.4, -0.2) is 20.1 Å². The van der Waals surface area contributed by atoms with E-state index < -0.39 is 0 Å². The van der Waals surface area contributed by atoms with Crippen molar-refractivity contribution in [3.63, 3.8) is 0 Å². The van der Waals surface area contributed by atoms with E-state index in [1.54, 1.807) is 12.3 Å². The van der Waals surface area contributed by atoms with Crippen LogP contribution in [0.4, 0.5) is 10.3 Å². The average Bonchev–Trinajstić information content (AvgIpc) is 3.00. The molecule has 124 valence electrons. The van der Waals surface area contributed by atoms with E-state index >= 15 is 0 Å². The normalized spacial score (nSPS) is 11.0. The lowest BCUT2D eigenvalue weighted by molar-refractivity contribution is 0.426. The highest BCUT2D eigenvalue weighted by molar-refractivity contribution is 5.61. The maximum Gasteiger partial charge on any atom is 0.223 e. The van der Waals surface area contributed by atoms with Gasteiger partial charge < -0.3 is 9.84 Å². The van der Waals surface area contributed by atoms with Crippen molar-refractivity contribution in [2.45, 2.75) is 33.2 Å². The maximum atomic E-state index is 12.9. The number of pyridine rings is 1. The fourth-order valence-corrected chi connectivity index (χ4v) is 2.28. The minimum absolute atomic E-state index is 0.193. The molecule has 3 aromatic heterocycles. The second-order valence-electron chi connectivity index (χ2n) is 5.80. The summed E-state index contributed by atoms with van der Waals surface area (Å²) >= 11 is 0. The van der Waals surface area contributed by atoms with Gasteiger partial charge in [0.25, 0.3) is 0 Å². The Hall–Kier alpha value is -2.83. The fourth-order valence-electron chi connectivity index (χ4n) is 2.28. The summed E-state index contributed by atoms with van der Waals surface area (Å²) in [6, 6.07) is 4.86. The third kappa shape index (κ3) is 3.56. The van der Waals surface area contributed by atoms with Crippen molar-refractivity contribution >= 4 is 5.95 Å². The molecule has 1 N–H and O–H groups in total. The molecule has 0 aromatic carbocycles. The Bertz CT molecular complexity index is 829. The third-order valence-corrected chi connectivity index (χ3v) is 3.47. The predicted octanol–water partition coefficient (Wildman–Crippen LogP) is 3.71. The van der Waals surface area contributed by atoms with Crippen molar-refractivity contribution in [1.29, 1.82) is 0 Å². The van der Waals surface area contributed by atoms with E-state index in [1.165, 1.54) is 12.3 Å². The number of hydrogen-bond acceptors (Lipinski definition) is 6. The van der Waals surface area contributed by atoms with Crippen LogP contribution >= 0.6 is 0 Å². The molecule has 0 saturated carbocycles. The zero-order chi connectivity index (χ0) is 17.1. The lowest BCUT2D eigenvalue weighted by Crippen LogP contribution is -2.08. The van der Waals surface area contributed by atoms with Crippen molar-refractivity contribution in [2.24, 2.45) is 0 Å². The Balaban J connectivity index is 1.82. The van der Waals surface area contributed by atoms with Gasteiger partial charge >= 0.3 is 0 Å². The number of nitrogens with one attached hydrogen (secondary N) is 1. The van der Waals surface area contributed by atoms with Gasteiger partial charge in [0.1, 0.15) is 5.82 Å². The Morgan fingerprint density at radius 3 is 2.67 bits per heavy atom. The molecule has 3 aromatic rings. The van der Waals surface area contributed by atoms with Crippen LogP contribution in [0.1, 0.15) is 36.8 Å². The summed E-state index contributed by atoms with van der Waals surface area (Å²) in [5.74, 6) is 0.981. The first-order valence-corrected chi connectivity index (χ1v) is 7.68. The van der Waals surface area contributed by atoms with Crippen LogP contribution in [0.3, 0.4) is 0 Å². The van der Waals surface area contributed by atoms with E-state index in [-0.39, 0.29) is 11.7 Å². The van der Waals surface area contributed by atoms with Gasteiger partial charge in [-0.05, 0) is 25.0 Å². The van der Waals surface area contributed by atoms with Gasteiger partial charge in [-0.25, -0.2) is 14.4 Å². The summed E-state index contributed by atoms with van der Waals surface area (Å²) in [4.78, 5) is 12.9. The standard InChI is InChI=1S/C17H18FN5O/c1-10(2)16-14(15-6-11(3)23-24-15)9-21-17(22-16)20-8-13-5-4-12(18)7-19-13/h4-7,9-10H,8H2,1-3H3,(H,20,21,22). The van der Waals surface area contributed by atoms with Crippen LogP contribution in [0.25, 0.3) is 11.3 Å². The van der Waals surface area contributed by atoms with Crippen molar-refractivity contribution in [3.05, 3.63) is 53.5 Å². The van der Waals surface area contributed by atoms with Crippen molar-refractivity contribution in [3.8, 4) is 11.3 Å². The number of nitrogens with zero attached hydrogens (tertiary/aromatic N) is 4. The summed E-state index contributed by atoms with van der Waals surface area (Å²) in [6.07, 6.45) is 2.91. The van der Waals surface area contributed by atoms with Crippen LogP contribution in [0, 0.1) is 12.7 Å². The lowest BCUT2D eigenvalue weighted by atomic mass is 10.0. The summed E-state index contributed by atoms with van der Waals surface area (Å²) in [7, 11) is 0. The van der Waals surface area contributed by atoms with E-state index in [9.17, 15) is 4.39 Å². The Morgan fingerprint density at radius 2 is 2.04 bits per heavy atom. The molecule has 0 unspecified atom stereocenters.